The molecule has 2 aromatic carbocycles. The fourth-order valence-corrected chi connectivity index (χ4v) is 3.17. The van der Waals surface area contributed by atoms with Gasteiger partial charge in [-0.15, -0.1) is 0 Å². The number of benzene rings is 2. The Morgan fingerprint density at radius 2 is 1.65 bits per heavy atom. The minimum absolute atomic E-state index is 0.324. The Hall–Kier alpha value is -0.910. The van der Waals surface area contributed by atoms with Crippen molar-refractivity contribution in [3.8, 4) is 0 Å². The van der Waals surface area contributed by atoms with Crippen molar-refractivity contribution in [3.05, 3.63) is 71.8 Å². The van der Waals surface area contributed by atoms with E-state index in [-0.39, 0.29) is 0 Å². The lowest BCUT2D eigenvalue weighted by molar-refractivity contribution is -0.164. The van der Waals surface area contributed by atoms with Gasteiger partial charge in [0.15, 0.2) is 0 Å². The molecule has 1 aliphatic rings. The van der Waals surface area contributed by atoms with Crippen LogP contribution >= 0.6 is 22.6 Å². The van der Waals surface area contributed by atoms with Crippen molar-refractivity contribution in [2.24, 2.45) is 0 Å². The molecule has 3 heteroatoms. The maximum atomic E-state index is 6.11. The average molecular weight is 379 g/mol. The van der Waals surface area contributed by atoms with Gasteiger partial charge in [-0.2, -0.15) is 5.06 Å². The molecule has 0 radical (unpaired) electrons. The summed E-state index contributed by atoms with van der Waals surface area (Å²) in [4.78, 5) is 6.11. The van der Waals surface area contributed by atoms with Crippen molar-refractivity contribution in [2.45, 2.75) is 25.1 Å². The van der Waals surface area contributed by atoms with Gasteiger partial charge in [-0.1, -0.05) is 83.3 Å². The molecule has 2 aromatic rings. The van der Waals surface area contributed by atoms with Crippen molar-refractivity contribution < 1.29 is 4.84 Å². The summed E-state index contributed by atoms with van der Waals surface area (Å²) in [6, 6.07) is 21.6. The third kappa shape index (κ3) is 3.22. The van der Waals surface area contributed by atoms with Crippen LogP contribution in [0.2, 0.25) is 0 Å². The number of hydrogen-bond acceptors (Lipinski definition) is 2. The molecule has 20 heavy (non-hydrogen) atoms. The van der Waals surface area contributed by atoms with Crippen molar-refractivity contribution in [2.75, 3.05) is 4.43 Å². The summed E-state index contributed by atoms with van der Waals surface area (Å²) >= 11 is 2.41. The highest BCUT2D eigenvalue weighted by molar-refractivity contribution is 14.1. The van der Waals surface area contributed by atoms with Crippen LogP contribution in [-0.2, 0) is 11.4 Å². The topological polar surface area (TPSA) is 12.5 Å². The van der Waals surface area contributed by atoms with Gasteiger partial charge in [0, 0.05) is 11.0 Å². The van der Waals surface area contributed by atoms with Gasteiger partial charge in [0.25, 0.3) is 0 Å². The van der Waals surface area contributed by atoms with Gasteiger partial charge >= 0.3 is 0 Å². The lowest BCUT2D eigenvalue weighted by atomic mass is 10.0. The van der Waals surface area contributed by atoms with Crippen molar-refractivity contribution in [3.63, 3.8) is 0 Å². The molecule has 0 unspecified atom stereocenters. The van der Waals surface area contributed by atoms with E-state index in [0.29, 0.717) is 12.1 Å². The van der Waals surface area contributed by atoms with Crippen molar-refractivity contribution >= 4 is 22.6 Å². The van der Waals surface area contributed by atoms with E-state index in [4.69, 9.17) is 4.84 Å². The molecule has 0 amide bonds. The number of halogens is 1. The minimum Gasteiger partial charge on any atom is -0.294 e. The Labute approximate surface area is 133 Å². The summed E-state index contributed by atoms with van der Waals surface area (Å²) in [6.07, 6.45) is 1.39. The molecule has 0 N–H and O–H groups in total. The fourth-order valence-electron chi connectivity index (χ4n) is 2.65. The van der Waals surface area contributed by atoms with Crippen LogP contribution in [0.1, 0.15) is 23.6 Å². The van der Waals surface area contributed by atoms with E-state index in [1.54, 1.807) is 0 Å². The van der Waals surface area contributed by atoms with Crippen LogP contribution in [0.15, 0.2) is 60.7 Å². The second kappa shape index (κ2) is 6.70. The zero-order valence-corrected chi connectivity index (χ0v) is 13.4. The molecule has 0 saturated carbocycles. The predicted molar refractivity (Wildman–Crippen MR) is 89.5 cm³/mol. The van der Waals surface area contributed by atoms with E-state index < -0.39 is 0 Å². The van der Waals surface area contributed by atoms with Gasteiger partial charge in [-0.25, -0.2) is 0 Å². The molecule has 3 rings (SSSR count). The zero-order chi connectivity index (χ0) is 13.8. The standard InChI is InChI=1S/C17H18INO/c18-12-16-11-17(15-9-5-2-6-10-15)19(20-16)13-14-7-3-1-4-8-14/h1-10,16-17H,11-13H2/t16-,17+/m0/s1. The zero-order valence-electron chi connectivity index (χ0n) is 11.3. The summed E-state index contributed by atoms with van der Waals surface area (Å²) in [5, 5.41) is 2.15. The highest BCUT2D eigenvalue weighted by Crippen LogP contribution is 2.35. The molecule has 0 aliphatic carbocycles. The van der Waals surface area contributed by atoms with Crippen LogP contribution < -0.4 is 0 Å². The Bertz CT molecular complexity index is 531. The van der Waals surface area contributed by atoms with E-state index >= 15 is 0 Å². The molecule has 1 heterocycles. The van der Waals surface area contributed by atoms with Gasteiger partial charge in [-0.3, -0.25) is 4.84 Å². The molecule has 104 valence electrons. The lowest BCUT2D eigenvalue weighted by Gasteiger charge is -2.23. The second-order valence-corrected chi connectivity index (χ2v) is 5.99. The van der Waals surface area contributed by atoms with E-state index in [2.05, 4.69) is 88.3 Å². The van der Waals surface area contributed by atoms with Crippen LogP contribution in [0.5, 0.6) is 0 Å². The summed E-state index contributed by atoms with van der Waals surface area (Å²) < 4.78 is 1.03. The number of nitrogens with zero attached hydrogens (tertiary/aromatic N) is 1. The summed E-state index contributed by atoms with van der Waals surface area (Å²) in [6.45, 7) is 0.841. The molecule has 0 spiro atoms. The van der Waals surface area contributed by atoms with Crippen LogP contribution in [0.4, 0.5) is 0 Å². The maximum Gasteiger partial charge on any atom is 0.0901 e. The number of rotatable bonds is 4. The first kappa shape index (κ1) is 14.0. The highest BCUT2D eigenvalue weighted by Gasteiger charge is 2.33. The van der Waals surface area contributed by atoms with Crippen LogP contribution in [0.25, 0.3) is 0 Å². The molecule has 0 aromatic heterocycles. The third-order valence-electron chi connectivity index (χ3n) is 3.66. The number of hydrogen-bond donors (Lipinski definition) is 0. The number of alkyl halides is 1. The van der Waals surface area contributed by atoms with Crippen molar-refractivity contribution in [1.82, 2.24) is 5.06 Å². The molecule has 1 fully saturated rings. The fraction of sp³-hybridized carbons (Fsp3) is 0.294. The van der Waals surface area contributed by atoms with E-state index in [0.717, 1.165) is 17.4 Å². The predicted octanol–water partition coefficient (Wildman–Crippen LogP) is 4.37. The largest absolute Gasteiger partial charge is 0.294 e. The molecule has 0 bridgehead atoms. The minimum atomic E-state index is 0.324. The van der Waals surface area contributed by atoms with Gasteiger partial charge in [0.05, 0.1) is 12.1 Å². The Balaban J connectivity index is 1.80. The Morgan fingerprint density at radius 1 is 1.00 bits per heavy atom. The average Bonchev–Trinajstić information content (AvgIpc) is 2.92. The molecule has 1 saturated heterocycles. The maximum absolute atomic E-state index is 6.11. The van der Waals surface area contributed by atoms with E-state index in [1.807, 2.05) is 0 Å². The first-order valence-corrected chi connectivity index (χ1v) is 8.47. The SMILES string of the molecule is IC[C@@H]1C[C@H](c2ccccc2)N(Cc2ccccc2)O1. The molecule has 2 nitrogen and oxygen atoms in total. The molecule has 1 aliphatic heterocycles. The lowest BCUT2D eigenvalue weighted by Crippen LogP contribution is -2.22. The van der Waals surface area contributed by atoms with Gasteiger partial charge < -0.3 is 0 Å². The monoisotopic (exact) mass is 379 g/mol. The molecular weight excluding hydrogens is 361 g/mol. The van der Waals surface area contributed by atoms with Crippen LogP contribution in [0.3, 0.4) is 0 Å². The summed E-state index contributed by atoms with van der Waals surface area (Å²) in [7, 11) is 0. The normalized spacial score (nSPS) is 23.1. The Morgan fingerprint density at radius 3 is 2.30 bits per heavy atom. The summed E-state index contributed by atoms with van der Waals surface area (Å²) in [5.41, 5.74) is 2.64. The quantitative estimate of drug-likeness (QED) is 0.578. The van der Waals surface area contributed by atoms with E-state index in [9.17, 15) is 0 Å². The van der Waals surface area contributed by atoms with Crippen molar-refractivity contribution in [1.29, 1.82) is 0 Å². The van der Waals surface area contributed by atoms with E-state index in [1.165, 1.54) is 11.1 Å². The second-order valence-electron chi connectivity index (χ2n) is 5.10. The van der Waals surface area contributed by atoms with Crippen LogP contribution in [-0.4, -0.2) is 15.6 Å². The number of hydroxylamine groups is 2. The van der Waals surface area contributed by atoms with Gasteiger partial charge in [0.2, 0.25) is 0 Å². The first-order valence-electron chi connectivity index (χ1n) is 6.95. The summed E-state index contributed by atoms with van der Waals surface area (Å²) in [5.74, 6) is 0. The van der Waals surface area contributed by atoms with Gasteiger partial charge in [0.1, 0.15) is 0 Å². The van der Waals surface area contributed by atoms with Crippen LogP contribution in [0, 0.1) is 0 Å². The Kier molecular flexibility index (Phi) is 4.70. The smallest absolute Gasteiger partial charge is 0.0901 e. The molecular formula is C17H18INO. The van der Waals surface area contributed by atoms with Gasteiger partial charge in [-0.05, 0) is 17.5 Å². The highest BCUT2D eigenvalue weighted by atomic mass is 127. The molecule has 2 atom stereocenters. The third-order valence-corrected chi connectivity index (χ3v) is 4.64. The first-order chi connectivity index (χ1) is 9.86.